The molecule has 100 valence electrons. The van der Waals surface area contributed by atoms with Gasteiger partial charge in [0.2, 0.25) is 0 Å². The molecule has 0 amide bonds. The van der Waals surface area contributed by atoms with Gasteiger partial charge < -0.3 is 4.74 Å². The highest BCUT2D eigenvalue weighted by atomic mass is 16.5. The quantitative estimate of drug-likeness (QED) is 0.771. The number of aromatic nitrogens is 1. The van der Waals surface area contributed by atoms with Crippen molar-refractivity contribution in [1.29, 1.82) is 0 Å². The second kappa shape index (κ2) is 6.93. The Hall–Kier alpha value is -1.83. The van der Waals surface area contributed by atoms with Crippen LogP contribution in [0.4, 0.5) is 0 Å². The van der Waals surface area contributed by atoms with Crippen LogP contribution in [0, 0.1) is 0 Å². The number of hydrogen-bond donors (Lipinski definition) is 0. The summed E-state index contributed by atoms with van der Waals surface area (Å²) in [5.74, 6) is 1.51. The van der Waals surface area contributed by atoms with Crippen LogP contribution in [0.1, 0.15) is 36.8 Å². The second-order valence-electron chi connectivity index (χ2n) is 4.93. The van der Waals surface area contributed by atoms with Gasteiger partial charge in [0.05, 0.1) is 7.11 Å². The summed E-state index contributed by atoms with van der Waals surface area (Å²) in [6.07, 6.45) is 7.23. The summed E-state index contributed by atoms with van der Waals surface area (Å²) < 4.78 is 5.27. The summed E-state index contributed by atoms with van der Waals surface area (Å²) in [7, 11) is 1.72. The molecule has 2 rings (SSSR count). The molecule has 19 heavy (non-hydrogen) atoms. The van der Waals surface area contributed by atoms with E-state index in [1.165, 1.54) is 24.0 Å². The number of hydrogen-bond acceptors (Lipinski definition) is 2. The van der Waals surface area contributed by atoms with E-state index >= 15 is 0 Å². The Balaban J connectivity index is 1.85. The van der Waals surface area contributed by atoms with Gasteiger partial charge in [0, 0.05) is 12.4 Å². The molecule has 1 atom stereocenters. The molecule has 1 aromatic heterocycles. The average Bonchev–Trinajstić information content (AvgIpc) is 2.48. The van der Waals surface area contributed by atoms with E-state index in [-0.39, 0.29) is 0 Å². The first-order valence-electron chi connectivity index (χ1n) is 6.82. The minimum Gasteiger partial charge on any atom is -0.497 e. The predicted octanol–water partition coefficient (Wildman–Crippen LogP) is 4.22. The summed E-state index contributed by atoms with van der Waals surface area (Å²) >= 11 is 0. The van der Waals surface area contributed by atoms with Crippen molar-refractivity contribution in [3.05, 3.63) is 59.9 Å². The molecule has 0 N–H and O–H groups in total. The van der Waals surface area contributed by atoms with Crippen LogP contribution in [-0.4, -0.2) is 12.1 Å². The van der Waals surface area contributed by atoms with Gasteiger partial charge in [-0.2, -0.15) is 0 Å². The fourth-order valence-corrected chi connectivity index (χ4v) is 2.28. The van der Waals surface area contributed by atoms with Crippen LogP contribution < -0.4 is 4.74 Å². The van der Waals surface area contributed by atoms with Crippen LogP contribution in [0.3, 0.4) is 0 Å². The molecule has 1 aromatic carbocycles. The highest BCUT2D eigenvalue weighted by molar-refractivity contribution is 5.30. The van der Waals surface area contributed by atoms with Gasteiger partial charge in [0.1, 0.15) is 5.75 Å². The predicted molar refractivity (Wildman–Crippen MR) is 78.6 cm³/mol. The Bertz CT molecular complexity index is 496. The molecule has 2 nitrogen and oxygen atoms in total. The lowest BCUT2D eigenvalue weighted by Gasteiger charge is -2.13. The monoisotopic (exact) mass is 255 g/mol. The first kappa shape index (κ1) is 13.6. The lowest BCUT2D eigenvalue weighted by Crippen LogP contribution is -1.96. The van der Waals surface area contributed by atoms with Gasteiger partial charge in [0.25, 0.3) is 0 Å². The van der Waals surface area contributed by atoms with E-state index in [2.05, 4.69) is 42.2 Å². The summed E-state index contributed by atoms with van der Waals surface area (Å²) in [6.45, 7) is 2.28. The molecular formula is C17H21NO. The van der Waals surface area contributed by atoms with Crippen LogP contribution >= 0.6 is 0 Å². The molecular weight excluding hydrogens is 234 g/mol. The van der Waals surface area contributed by atoms with Gasteiger partial charge >= 0.3 is 0 Å². The molecule has 1 heterocycles. The van der Waals surface area contributed by atoms with Crippen LogP contribution in [0.15, 0.2) is 48.8 Å². The fourth-order valence-electron chi connectivity index (χ4n) is 2.28. The van der Waals surface area contributed by atoms with Crippen molar-refractivity contribution in [1.82, 2.24) is 4.98 Å². The maximum absolute atomic E-state index is 5.27. The third kappa shape index (κ3) is 4.09. The largest absolute Gasteiger partial charge is 0.497 e. The molecule has 0 aliphatic carbocycles. The standard InChI is InChI=1S/C17H21NO/c1-14(16-7-4-8-17(13-16)19-2)5-3-6-15-9-11-18-12-10-15/h4,7-14H,3,5-6H2,1-2H3. The zero-order chi connectivity index (χ0) is 13.5. The van der Waals surface area contributed by atoms with Crippen molar-refractivity contribution in [2.24, 2.45) is 0 Å². The van der Waals surface area contributed by atoms with Gasteiger partial charge in [-0.3, -0.25) is 4.98 Å². The smallest absolute Gasteiger partial charge is 0.119 e. The van der Waals surface area contributed by atoms with E-state index in [1.807, 2.05) is 18.5 Å². The van der Waals surface area contributed by atoms with Gasteiger partial charge in [-0.05, 0) is 60.6 Å². The van der Waals surface area contributed by atoms with Crippen molar-refractivity contribution in [2.45, 2.75) is 32.1 Å². The average molecular weight is 255 g/mol. The number of nitrogens with zero attached hydrogens (tertiary/aromatic N) is 1. The SMILES string of the molecule is COc1cccc(C(C)CCCc2ccncc2)c1. The number of benzene rings is 1. The number of rotatable bonds is 6. The summed E-state index contributed by atoms with van der Waals surface area (Å²) in [5, 5.41) is 0. The van der Waals surface area contributed by atoms with Crippen LogP contribution in [0.5, 0.6) is 5.75 Å². The molecule has 0 fully saturated rings. The van der Waals surface area contributed by atoms with Gasteiger partial charge in [-0.15, -0.1) is 0 Å². The number of ether oxygens (including phenoxy) is 1. The Morgan fingerprint density at radius 3 is 2.68 bits per heavy atom. The third-order valence-corrected chi connectivity index (χ3v) is 3.51. The fraction of sp³-hybridized carbons (Fsp3) is 0.353. The van der Waals surface area contributed by atoms with Crippen LogP contribution in [0.25, 0.3) is 0 Å². The van der Waals surface area contributed by atoms with Crippen LogP contribution in [0.2, 0.25) is 0 Å². The second-order valence-corrected chi connectivity index (χ2v) is 4.93. The topological polar surface area (TPSA) is 22.1 Å². The molecule has 0 bridgehead atoms. The molecule has 0 spiro atoms. The number of methoxy groups -OCH3 is 1. The van der Waals surface area contributed by atoms with Gasteiger partial charge in [-0.1, -0.05) is 19.1 Å². The van der Waals surface area contributed by atoms with E-state index in [0.29, 0.717) is 5.92 Å². The third-order valence-electron chi connectivity index (χ3n) is 3.51. The molecule has 0 aliphatic heterocycles. The number of pyridine rings is 1. The zero-order valence-electron chi connectivity index (χ0n) is 11.7. The van der Waals surface area contributed by atoms with E-state index in [1.54, 1.807) is 7.11 Å². The minimum absolute atomic E-state index is 0.567. The number of aryl methyl sites for hydroxylation is 1. The molecule has 0 aliphatic rings. The molecule has 2 aromatic rings. The summed E-state index contributed by atoms with van der Waals surface area (Å²) in [6, 6.07) is 12.6. The van der Waals surface area contributed by atoms with E-state index in [0.717, 1.165) is 12.2 Å². The lowest BCUT2D eigenvalue weighted by molar-refractivity contribution is 0.413. The highest BCUT2D eigenvalue weighted by Gasteiger charge is 2.06. The molecule has 0 radical (unpaired) electrons. The summed E-state index contributed by atoms with van der Waals surface area (Å²) in [5.41, 5.74) is 2.72. The highest BCUT2D eigenvalue weighted by Crippen LogP contribution is 2.24. The van der Waals surface area contributed by atoms with Gasteiger partial charge in [0.15, 0.2) is 0 Å². The zero-order valence-corrected chi connectivity index (χ0v) is 11.7. The van der Waals surface area contributed by atoms with E-state index in [9.17, 15) is 0 Å². The first-order valence-corrected chi connectivity index (χ1v) is 6.82. The van der Waals surface area contributed by atoms with Crippen molar-refractivity contribution in [2.75, 3.05) is 7.11 Å². The molecule has 1 unspecified atom stereocenters. The Morgan fingerprint density at radius 1 is 1.16 bits per heavy atom. The minimum atomic E-state index is 0.567. The van der Waals surface area contributed by atoms with Crippen molar-refractivity contribution >= 4 is 0 Å². The lowest BCUT2D eigenvalue weighted by atomic mass is 9.94. The van der Waals surface area contributed by atoms with Crippen molar-refractivity contribution < 1.29 is 4.74 Å². The van der Waals surface area contributed by atoms with Crippen molar-refractivity contribution in [3.8, 4) is 5.75 Å². The van der Waals surface area contributed by atoms with E-state index < -0.39 is 0 Å². The Labute approximate surface area is 115 Å². The van der Waals surface area contributed by atoms with Gasteiger partial charge in [-0.25, -0.2) is 0 Å². The maximum Gasteiger partial charge on any atom is 0.119 e. The Kier molecular flexibility index (Phi) is 4.96. The van der Waals surface area contributed by atoms with E-state index in [4.69, 9.17) is 4.74 Å². The normalized spacial score (nSPS) is 12.1. The molecule has 0 saturated carbocycles. The van der Waals surface area contributed by atoms with Crippen LogP contribution in [-0.2, 0) is 6.42 Å². The maximum atomic E-state index is 5.27. The van der Waals surface area contributed by atoms with Crippen molar-refractivity contribution in [3.63, 3.8) is 0 Å². The molecule has 0 saturated heterocycles. The molecule has 2 heteroatoms. The first-order chi connectivity index (χ1) is 9.29. The Morgan fingerprint density at radius 2 is 1.95 bits per heavy atom. The summed E-state index contributed by atoms with van der Waals surface area (Å²) in [4.78, 5) is 4.04.